The Hall–Kier alpha value is -1.95. The number of rotatable bonds is 5. The summed E-state index contributed by atoms with van der Waals surface area (Å²) in [6, 6.07) is 3.85. The summed E-state index contributed by atoms with van der Waals surface area (Å²) in [5.41, 5.74) is 0.388. The van der Waals surface area contributed by atoms with Gasteiger partial charge in [-0.25, -0.2) is 13.4 Å². The number of benzene rings is 1. The zero-order valence-corrected chi connectivity index (χ0v) is 15.8. The fourth-order valence-electron chi connectivity index (χ4n) is 2.40. The van der Waals surface area contributed by atoms with Crippen molar-refractivity contribution in [2.45, 2.75) is 28.9 Å². The minimum absolute atomic E-state index is 0.116. The molecule has 0 spiro atoms. The molecule has 0 unspecified atom stereocenters. The summed E-state index contributed by atoms with van der Waals surface area (Å²) in [5.74, 6) is 0.627. The molecule has 1 aliphatic rings. The predicted molar refractivity (Wildman–Crippen MR) is 92.8 cm³/mol. The van der Waals surface area contributed by atoms with E-state index in [0.29, 0.717) is 24.7 Å². The van der Waals surface area contributed by atoms with Crippen molar-refractivity contribution in [1.29, 1.82) is 0 Å². The van der Waals surface area contributed by atoms with Crippen LogP contribution < -0.4 is 0 Å². The van der Waals surface area contributed by atoms with Crippen molar-refractivity contribution < 1.29 is 22.5 Å². The lowest BCUT2D eigenvalue weighted by molar-refractivity contribution is -0.388. The Bertz CT molecular complexity index is 915. The maximum absolute atomic E-state index is 12.7. The number of nitrogens with zero attached hydrogens (tertiary/aromatic N) is 3. The molecule has 1 aromatic carbocycles. The van der Waals surface area contributed by atoms with Crippen LogP contribution >= 0.6 is 11.8 Å². The molecule has 3 rings (SSSR count). The standard InChI is InChI=1S/C15H17N3O6S2/c1-10-11(2)24-15(16-10)25-14-4-3-12(9-13(14)18(19)20)26(21,22)17-5-7-23-8-6-17/h3-4,9H,5-8H2,1-2H3. The van der Waals surface area contributed by atoms with Gasteiger partial charge in [-0.15, -0.1) is 0 Å². The molecular formula is C15H17N3O6S2. The van der Waals surface area contributed by atoms with Crippen LogP contribution in [0.15, 0.2) is 37.6 Å². The van der Waals surface area contributed by atoms with E-state index in [9.17, 15) is 18.5 Å². The van der Waals surface area contributed by atoms with Crippen molar-refractivity contribution in [3.8, 4) is 0 Å². The minimum Gasteiger partial charge on any atom is -0.436 e. The second-order valence-corrected chi connectivity index (χ2v) is 8.56. The molecule has 0 atom stereocenters. The van der Waals surface area contributed by atoms with Crippen LogP contribution in [0, 0.1) is 24.0 Å². The largest absolute Gasteiger partial charge is 0.436 e. The predicted octanol–water partition coefficient (Wildman–Crippen LogP) is 2.37. The van der Waals surface area contributed by atoms with E-state index in [-0.39, 0.29) is 33.8 Å². The molecule has 0 aliphatic carbocycles. The Morgan fingerprint density at radius 1 is 1.27 bits per heavy atom. The summed E-state index contributed by atoms with van der Waals surface area (Å²) in [4.78, 5) is 15.2. The summed E-state index contributed by atoms with van der Waals surface area (Å²) in [6.45, 7) is 4.58. The van der Waals surface area contributed by atoms with E-state index in [1.165, 1.54) is 16.4 Å². The number of morpholine rings is 1. The van der Waals surface area contributed by atoms with Crippen LogP contribution in [0.1, 0.15) is 11.5 Å². The molecular weight excluding hydrogens is 382 g/mol. The number of oxazole rings is 1. The van der Waals surface area contributed by atoms with Crippen molar-refractivity contribution in [2.24, 2.45) is 0 Å². The lowest BCUT2D eigenvalue weighted by atomic mass is 10.3. The fraction of sp³-hybridized carbons (Fsp3) is 0.400. The third-order valence-corrected chi connectivity index (χ3v) is 6.75. The maximum Gasteiger partial charge on any atom is 0.284 e. The smallest absolute Gasteiger partial charge is 0.284 e. The Labute approximate surface area is 154 Å². The van der Waals surface area contributed by atoms with Crippen LogP contribution in [-0.2, 0) is 14.8 Å². The molecule has 9 nitrogen and oxygen atoms in total. The topological polar surface area (TPSA) is 116 Å². The van der Waals surface area contributed by atoms with E-state index >= 15 is 0 Å². The van der Waals surface area contributed by atoms with E-state index in [1.807, 2.05) is 0 Å². The van der Waals surface area contributed by atoms with Crippen molar-refractivity contribution >= 4 is 27.5 Å². The van der Waals surface area contributed by atoms with Crippen LogP contribution in [0.2, 0.25) is 0 Å². The average Bonchev–Trinajstić information content (AvgIpc) is 2.93. The lowest BCUT2D eigenvalue weighted by Crippen LogP contribution is -2.40. The lowest BCUT2D eigenvalue weighted by Gasteiger charge is -2.26. The van der Waals surface area contributed by atoms with E-state index < -0.39 is 14.9 Å². The Morgan fingerprint density at radius 2 is 1.96 bits per heavy atom. The molecule has 2 aromatic rings. The van der Waals surface area contributed by atoms with Gasteiger partial charge in [-0.3, -0.25) is 10.1 Å². The number of hydrogen-bond acceptors (Lipinski definition) is 8. The highest BCUT2D eigenvalue weighted by atomic mass is 32.2. The summed E-state index contributed by atoms with van der Waals surface area (Å²) < 4.78 is 37.2. The quantitative estimate of drug-likeness (QED) is 0.556. The highest BCUT2D eigenvalue weighted by Gasteiger charge is 2.29. The number of ether oxygens (including phenoxy) is 1. The van der Waals surface area contributed by atoms with E-state index in [1.54, 1.807) is 13.8 Å². The van der Waals surface area contributed by atoms with Crippen molar-refractivity contribution in [1.82, 2.24) is 9.29 Å². The van der Waals surface area contributed by atoms with Gasteiger partial charge in [0.2, 0.25) is 10.0 Å². The van der Waals surface area contributed by atoms with Gasteiger partial charge in [-0.05, 0) is 37.7 Å². The molecule has 0 N–H and O–H groups in total. The van der Waals surface area contributed by atoms with E-state index in [0.717, 1.165) is 17.8 Å². The first kappa shape index (κ1) is 18.8. The molecule has 1 saturated heterocycles. The second-order valence-electron chi connectivity index (χ2n) is 5.63. The third-order valence-electron chi connectivity index (χ3n) is 3.94. The number of aryl methyl sites for hydroxylation is 2. The van der Waals surface area contributed by atoms with Gasteiger partial charge < -0.3 is 9.15 Å². The zero-order valence-electron chi connectivity index (χ0n) is 14.2. The molecule has 0 amide bonds. The monoisotopic (exact) mass is 399 g/mol. The summed E-state index contributed by atoms with van der Waals surface area (Å²) in [7, 11) is -3.81. The minimum atomic E-state index is -3.81. The third kappa shape index (κ3) is 3.75. The van der Waals surface area contributed by atoms with Gasteiger partial charge in [0, 0.05) is 19.2 Å². The van der Waals surface area contributed by atoms with Gasteiger partial charge in [-0.2, -0.15) is 4.31 Å². The van der Waals surface area contributed by atoms with Crippen molar-refractivity contribution in [3.63, 3.8) is 0 Å². The number of hydrogen-bond donors (Lipinski definition) is 0. The maximum atomic E-state index is 12.7. The highest BCUT2D eigenvalue weighted by molar-refractivity contribution is 7.99. The molecule has 1 fully saturated rings. The number of nitro benzene ring substituents is 1. The van der Waals surface area contributed by atoms with Crippen LogP contribution in [0.5, 0.6) is 0 Å². The summed E-state index contributed by atoms with van der Waals surface area (Å²) >= 11 is 0.985. The molecule has 11 heteroatoms. The molecule has 0 saturated carbocycles. The average molecular weight is 399 g/mol. The molecule has 1 aliphatic heterocycles. The molecule has 26 heavy (non-hydrogen) atoms. The molecule has 0 radical (unpaired) electrons. The van der Waals surface area contributed by atoms with Crippen molar-refractivity contribution in [2.75, 3.05) is 26.3 Å². The Morgan fingerprint density at radius 3 is 2.54 bits per heavy atom. The van der Waals surface area contributed by atoms with Crippen LogP contribution in [0.3, 0.4) is 0 Å². The molecule has 2 heterocycles. The zero-order chi connectivity index (χ0) is 18.9. The van der Waals surface area contributed by atoms with Gasteiger partial charge in [0.05, 0.1) is 33.6 Å². The number of nitro groups is 1. The Balaban J connectivity index is 1.95. The second kappa shape index (κ2) is 7.35. The van der Waals surface area contributed by atoms with Crippen LogP contribution in [0.25, 0.3) is 0 Å². The first-order chi connectivity index (χ1) is 12.3. The highest BCUT2D eigenvalue weighted by Crippen LogP contribution is 2.36. The van der Waals surface area contributed by atoms with Crippen LogP contribution in [-0.4, -0.2) is 48.9 Å². The molecule has 1 aromatic heterocycles. The van der Waals surface area contributed by atoms with Gasteiger partial charge in [0.15, 0.2) is 0 Å². The van der Waals surface area contributed by atoms with Crippen LogP contribution in [0.4, 0.5) is 5.69 Å². The van der Waals surface area contributed by atoms with Crippen molar-refractivity contribution in [3.05, 3.63) is 39.8 Å². The first-order valence-electron chi connectivity index (χ1n) is 7.77. The molecule has 0 bridgehead atoms. The van der Waals surface area contributed by atoms with Gasteiger partial charge in [0.25, 0.3) is 10.9 Å². The van der Waals surface area contributed by atoms with Gasteiger partial charge >= 0.3 is 0 Å². The fourth-order valence-corrected chi connectivity index (χ4v) is 4.74. The number of aromatic nitrogens is 1. The molecule has 140 valence electrons. The SMILES string of the molecule is Cc1nc(Sc2ccc(S(=O)(=O)N3CCOCC3)cc2[N+](=O)[O-])oc1C. The Kier molecular flexibility index (Phi) is 5.32. The van der Waals surface area contributed by atoms with E-state index in [2.05, 4.69) is 4.98 Å². The normalized spacial score (nSPS) is 15.9. The summed E-state index contributed by atoms with van der Waals surface area (Å²) in [5, 5.41) is 11.7. The van der Waals surface area contributed by atoms with Gasteiger partial charge in [0.1, 0.15) is 5.76 Å². The number of sulfonamides is 1. The summed E-state index contributed by atoms with van der Waals surface area (Å²) in [6.07, 6.45) is 0. The van der Waals surface area contributed by atoms with Gasteiger partial charge in [-0.1, -0.05) is 0 Å². The van der Waals surface area contributed by atoms with E-state index in [4.69, 9.17) is 9.15 Å². The first-order valence-corrected chi connectivity index (χ1v) is 10.0.